The van der Waals surface area contributed by atoms with E-state index in [-0.39, 0.29) is 23.3 Å². The van der Waals surface area contributed by atoms with Crippen molar-refractivity contribution in [1.82, 2.24) is 19.4 Å². The predicted octanol–water partition coefficient (Wildman–Crippen LogP) is 3.87. The van der Waals surface area contributed by atoms with E-state index in [0.29, 0.717) is 0 Å². The third-order valence-electron chi connectivity index (χ3n) is 8.06. The molecule has 5 rings (SSSR count). The maximum Gasteiger partial charge on any atom is 0.264 e. The van der Waals surface area contributed by atoms with Crippen LogP contribution in [0.15, 0.2) is 59.8 Å². The summed E-state index contributed by atoms with van der Waals surface area (Å²) < 4.78 is 27.9. The molecule has 1 saturated heterocycles. The zero-order valence-corrected chi connectivity index (χ0v) is 23.6. The van der Waals surface area contributed by atoms with Crippen LogP contribution in [0.3, 0.4) is 0 Å². The molecule has 0 spiro atoms. The average Bonchev–Trinajstić information content (AvgIpc) is 2.92. The van der Waals surface area contributed by atoms with Crippen LogP contribution in [-0.2, 0) is 32.6 Å². The lowest BCUT2D eigenvalue weighted by molar-refractivity contribution is -0.135. The van der Waals surface area contributed by atoms with Gasteiger partial charge in [0.2, 0.25) is 5.91 Å². The van der Waals surface area contributed by atoms with Crippen molar-refractivity contribution in [3.05, 3.63) is 77.1 Å². The Kier molecular flexibility index (Phi) is 8.09. The van der Waals surface area contributed by atoms with Gasteiger partial charge in [-0.2, -0.15) is 0 Å². The Morgan fingerprint density at radius 1 is 1.00 bits per heavy atom. The first-order chi connectivity index (χ1) is 18.7. The minimum absolute atomic E-state index is 0.0853. The van der Waals surface area contributed by atoms with Gasteiger partial charge in [-0.1, -0.05) is 42.3 Å². The smallest absolute Gasteiger partial charge is 0.264 e. The van der Waals surface area contributed by atoms with Gasteiger partial charge in [-0.05, 0) is 80.9 Å². The number of hydrogen-bond donors (Lipinski definition) is 1. The number of piperidine rings is 1. The van der Waals surface area contributed by atoms with Crippen molar-refractivity contribution in [1.29, 1.82) is 0 Å². The molecule has 9 heteroatoms. The van der Waals surface area contributed by atoms with Crippen LogP contribution < -0.4 is 5.32 Å². The van der Waals surface area contributed by atoms with Crippen LogP contribution in [0.25, 0.3) is 0 Å². The van der Waals surface area contributed by atoms with E-state index >= 15 is 0 Å². The topological polar surface area (TPSA) is 90.0 Å². The summed E-state index contributed by atoms with van der Waals surface area (Å²) in [5, 5.41) is 3.11. The molecule has 208 valence electrons. The van der Waals surface area contributed by atoms with E-state index in [1.807, 2.05) is 6.92 Å². The molecule has 2 heterocycles. The SMILES string of the molecule is Cc1ccc(S(=O)(=O)N2C=CN(C)C(=O)C2CC(=O)N[C@@H]2CCCc3cc(CN4CCCCC4)ccc32)cc1. The largest absolute Gasteiger partial charge is 0.349 e. The van der Waals surface area contributed by atoms with Crippen LogP contribution in [0.4, 0.5) is 0 Å². The molecule has 3 aliphatic rings. The number of rotatable bonds is 7. The molecule has 2 atom stereocenters. The molecule has 39 heavy (non-hydrogen) atoms. The zero-order valence-electron chi connectivity index (χ0n) is 22.8. The van der Waals surface area contributed by atoms with Crippen molar-refractivity contribution >= 4 is 21.8 Å². The summed E-state index contributed by atoms with van der Waals surface area (Å²) in [7, 11) is -2.45. The van der Waals surface area contributed by atoms with Crippen LogP contribution >= 0.6 is 0 Å². The third-order valence-corrected chi connectivity index (χ3v) is 9.86. The highest BCUT2D eigenvalue weighted by Gasteiger charge is 2.39. The predicted molar refractivity (Wildman–Crippen MR) is 150 cm³/mol. The molecule has 1 aliphatic carbocycles. The van der Waals surface area contributed by atoms with Gasteiger partial charge in [0, 0.05) is 26.0 Å². The first-order valence-corrected chi connectivity index (χ1v) is 15.3. The Balaban J connectivity index is 1.30. The van der Waals surface area contributed by atoms with Crippen LogP contribution in [-0.4, -0.2) is 60.5 Å². The third kappa shape index (κ3) is 6.04. The summed E-state index contributed by atoms with van der Waals surface area (Å²) in [4.78, 5) is 30.3. The lowest BCUT2D eigenvalue weighted by Crippen LogP contribution is -2.51. The second kappa shape index (κ2) is 11.5. The Hall–Kier alpha value is -3.17. The second-order valence-corrected chi connectivity index (χ2v) is 12.8. The van der Waals surface area contributed by atoms with Crippen molar-refractivity contribution < 1.29 is 18.0 Å². The van der Waals surface area contributed by atoms with Crippen molar-refractivity contribution in [3.63, 3.8) is 0 Å². The Labute approximate surface area is 231 Å². The number of amides is 2. The summed E-state index contributed by atoms with van der Waals surface area (Å²) in [6, 6.07) is 11.8. The number of fused-ring (bicyclic) bond motifs is 1. The van der Waals surface area contributed by atoms with Gasteiger partial charge in [0.05, 0.1) is 17.4 Å². The average molecular weight is 551 g/mol. The van der Waals surface area contributed by atoms with Crippen molar-refractivity contribution in [2.45, 2.75) is 75.4 Å². The van der Waals surface area contributed by atoms with Gasteiger partial charge in [-0.3, -0.25) is 18.8 Å². The number of hydrogen-bond acceptors (Lipinski definition) is 5. The Bertz CT molecular complexity index is 1350. The van der Waals surface area contributed by atoms with Gasteiger partial charge >= 0.3 is 0 Å². The number of nitrogens with zero attached hydrogens (tertiary/aromatic N) is 3. The molecule has 2 aliphatic heterocycles. The molecule has 2 aromatic rings. The molecule has 0 radical (unpaired) electrons. The fourth-order valence-corrected chi connectivity index (χ4v) is 7.30. The number of nitrogens with one attached hydrogen (secondary N) is 1. The normalized spacial score (nSPS) is 22.1. The number of sulfonamides is 1. The monoisotopic (exact) mass is 550 g/mol. The van der Waals surface area contributed by atoms with Crippen molar-refractivity contribution in [2.24, 2.45) is 0 Å². The maximum absolute atomic E-state index is 13.4. The van der Waals surface area contributed by atoms with Gasteiger partial charge in [-0.15, -0.1) is 0 Å². The van der Waals surface area contributed by atoms with E-state index in [1.54, 1.807) is 19.2 Å². The van der Waals surface area contributed by atoms with E-state index in [0.717, 1.165) is 54.3 Å². The highest BCUT2D eigenvalue weighted by molar-refractivity contribution is 7.89. The molecule has 0 aromatic heterocycles. The summed E-state index contributed by atoms with van der Waals surface area (Å²) in [5.74, 6) is -0.772. The fraction of sp³-hybridized carbons (Fsp3) is 0.467. The summed E-state index contributed by atoms with van der Waals surface area (Å²) in [6.45, 7) is 5.13. The Morgan fingerprint density at radius 3 is 2.49 bits per heavy atom. The molecule has 2 amide bonds. The van der Waals surface area contributed by atoms with Gasteiger partial charge < -0.3 is 10.2 Å². The number of carbonyl (C=O) groups excluding carboxylic acids is 2. The lowest BCUT2D eigenvalue weighted by Gasteiger charge is -2.35. The first kappa shape index (κ1) is 27.4. The molecular weight excluding hydrogens is 512 g/mol. The molecule has 0 saturated carbocycles. The van der Waals surface area contributed by atoms with Gasteiger partial charge in [-0.25, -0.2) is 8.42 Å². The van der Waals surface area contributed by atoms with Gasteiger partial charge in [0.25, 0.3) is 15.9 Å². The van der Waals surface area contributed by atoms with E-state index in [9.17, 15) is 18.0 Å². The molecule has 2 aromatic carbocycles. The van der Waals surface area contributed by atoms with Crippen LogP contribution in [0, 0.1) is 6.92 Å². The van der Waals surface area contributed by atoms with Crippen LogP contribution in [0.1, 0.15) is 66.8 Å². The molecule has 1 N–H and O–H groups in total. The minimum Gasteiger partial charge on any atom is -0.349 e. The number of aryl methyl sites for hydroxylation is 2. The quantitative estimate of drug-likeness (QED) is 0.565. The maximum atomic E-state index is 13.4. The van der Waals surface area contributed by atoms with Crippen LogP contribution in [0.2, 0.25) is 0 Å². The molecule has 1 unspecified atom stereocenters. The molecule has 0 bridgehead atoms. The number of benzene rings is 2. The first-order valence-electron chi connectivity index (χ1n) is 13.9. The van der Waals surface area contributed by atoms with E-state index in [4.69, 9.17) is 0 Å². The fourth-order valence-electron chi connectivity index (χ4n) is 5.86. The summed E-state index contributed by atoms with van der Waals surface area (Å²) >= 11 is 0. The second-order valence-electron chi connectivity index (χ2n) is 11.0. The minimum atomic E-state index is -4.01. The van der Waals surface area contributed by atoms with Crippen molar-refractivity contribution in [2.75, 3.05) is 20.1 Å². The van der Waals surface area contributed by atoms with Crippen LogP contribution in [0.5, 0.6) is 0 Å². The zero-order chi connectivity index (χ0) is 27.6. The van der Waals surface area contributed by atoms with E-state index in [1.165, 1.54) is 59.8 Å². The Morgan fingerprint density at radius 2 is 1.74 bits per heavy atom. The molecular formula is C30H38N4O4S. The highest BCUT2D eigenvalue weighted by Crippen LogP contribution is 2.32. The number of likely N-dealkylation sites (N-methyl/N-ethyl adjacent to an activating group) is 1. The standard InChI is InChI=1S/C30H38N4O4S/c1-22-9-12-25(13-10-22)39(37,38)34-18-17-32(2)30(36)28(34)20-29(35)31-27-8-6-7-24-19-23(11-14-26(24)27)21-33-15-4-3-5-16-33/h9-14,17-19,27-28H,3-8,15-16,20-21H2,1-2H3,(H,31,35)/t27-,28?/m1/s1. The van der Waals surface area contributed by atoms with Gasteiger partial charge in [0.1, 0.15) is 6.04 Å². The number of carbonyl (C=O) groups is 2. The molecule has 1 fully saturated rings. The number of likely N-dealkylation sites (tertiary alicyclic amines) is 1. The lowest BCUT2D eigenvalue weighted by atomic mass is 9.86. The highest BCUT2D eigenvalue weighted by atomic mass is 32.2. The van der Waals surface area contributed by atoms with E-state index < -0.39 is 22.0 Å². The summed E-state index contributed by atoms with van der Waals surface area (Å²) in [6.07, 6.45) is 9.13. The van der Waals surface area contributed by atoms with Gasteiger partial charge in [0.15, 0.2) is 0 Å². The van der Waals surface area contributed by atoms with Crippen molar-refractivity contribution in [3.8, 4) is 0 Å². The summed E-state index contributed by atoms with van der Waals surface area (Å²) in [5.41, 5.74) is 4.62. The molecule has 8 nitrogen and oxygen atoms in total. The van der Waals surface area contributed by atoms with E-state index in [2.05, 4.69) is 28.4 Å².